The van der Waals surface area contributed by atoms with Crippen LogP contribution in [0.1, 0.15) is 32.6 Å². The lowest BCUT2D eigenvalue weighted by molar-refractivity contribution is -0.272. The van der Waals surface area contributed by atoms with Crippen molar-refractivity contribution < 1.29 is 28.5 Å². The highest BCUT2D eigenvalue weighted by atomic mass is 16.8. The first-order valence-corrected chi connectivity index (χ1v) is 8.29. The zero-order valence-electron chi connectivity index (χ0n) is 14.8. The van der Waals surface area contributed by atoms with Crippen molar-refractivity contribution in [3.8, 4) is 0 Å². The van der Waals surface area contributed by atoms with Gasteiger partial charge in [0.2, 0.25) is 0 Å². The third-order valence-corrected chi connectivity index (χ3v) is 4.04. The molecule has 0 N–H and O–H groups in total. The second-order valence-electron chi connectivity index (χ2n) is 6.52. The molecule has 1 unspecified atom stereocenters. The van der Waals surface area contributed by atoms with Crippen molar-refractivity contribution in [2.24, 2.45) is 5.11 Å². The Labute approximate surface area is 150 Å². The van der Waals surface area contributed by atoms with Crippen LogP contribution in [0.15, 0.2) is 35.4 Å². The minimum Gasteiger partial charge on any atom is -0.454 e. The predicted octanol–water partition coefficient (Wildman–Crippen LogP) is 2.82. The molecule has 0 bridgehead atoms. The fraction of sp³-hybridized carbons (Fsp3) is 0.588. The van der Waals surface area contributed by atoms with Gasteiger partial charge in [0, 0.05) is 11.8 Å². The summed E-state index contributed by atoms with van der Waals surface area (Å²) in [6.45, 7) is 5.05. The highest BCUT2D eigenvalue weighted by Gasteiger charge is 2.53. The van der Waals surface area contributed by atoms with Crippen molar-refractivity contribution >= 4 is 5.97 Å². The smallest absolute Gasteiger partial charge is 0.303 e. The van der Waals surface area contributed by atoms with Gasteiger partial charge >= 0.3 is 5.97 Å². The van der Waals surface area contributed by atoms with Crippen LogP contribution in [0, 0.1) is 0 Å². The van der Waals surface area contributed by atoms with Crippen LogP contribution >= 0.6 is 0 Å². The van der Waals surface area contributed by atoms with Gasteiger partial charge < -0.3 is 23.7 Å². The number of hydrogen-bond acceptors (Lipinski definition) is 7. The molecule has 2 saturated heterocycles. The molecule has 1 aromatic carbocycles. The molecular formula is C17H21N3O6. The van der Waals surface area contributed by atoms with Gasteiger partial charge in [0.1, 0.15) is 12.2 Å². The molecule has 5 atom stereocenters. The van der Waals surface area contributed by atoms with Gasteiger partial charge in [0.25, 0.3) is 0 Å². The Morgan fingerprint density at radius 3 is 2.73 bits per heavy atom. The lowest BCUT2D eigenvalue weighted by Gasteiger charge is -2.37. The fourth-order valence-corrected chi connectivity index (χ4v) is 3.10. The van der Waals surface area contributed by atoms with E-state index in [0.717, 1.165) is 0 Å². The number of rotatable bonds is 5. The van der Waals surface area contributed by atoms with Crippen LogP contribution in [-0.2, 0) is 28.5 Å². The lowest BCUT2D eigenvalue weighted by Crippen LogP contribution is -2.54. The zero-order chi connectivity index (χ0) is 18.7. The normalized spacial score (nSPS) is 30.7. The highest BCUT2D eigenvalue weighted by Crippen LogP contribution is 2.37. The summed E-state index contributed by atoms with van der Waals surface area (Å²) >= 11 is 0. The summed E-state index contributed by atoms with van der Waals surface area (Å²) in [4.78, 5) is 14.4. The Morgan fingerprint density at radius 2 is 2.08 bits per heavy atom. The van der Waals surface area contributed by atoms with E-state index in [0.29, 0.717) is 5.56 Å². The van der Waals surface area contributed by atoms with Gasteiger partial charge in [-0.1, -0.05) is 35.4 Å². The van der Waals surface area contributed by atoms with Crippen LogP contribution in [0.4, 0.5) is 0 Å². The summed E-state index contributed by atoms with van der Waals surface area (Å²) in [6, 6.07) is 8.98. The predicted molar refractivity (Wildman–Crippen MR) is 88.5 cm³/mol. The Bertz CT molecular complexity index is 691. The molecule has 2 aliphatic heterocycles. The maximum absolute atomic E-state index is 11.6. The van der Waals surface area contributed by atoms with E-state index in [4.69, 9.17) is 29.2 Å². The SMILES string of the molecule is CC(=O)O[C@@H]1[C@H](OC(N=[N+]=[N-])c2ccccc2)OC[C@H]2OC(C)(C)O[C@@H]12. The quantitative estimate of drug-likeness (QED) is 0.344. The second-order valence-corrected chi connectivity index (χ2v) is 6.52. The topological polar surface area (TPSA) is 112 Å². The monoisotopic (exact) mass is 363 g/mol. The molecule has 1 aromatic rings. The van der Waals surface area contributed by atoms with Crippen molar-refractivity contribution in [3.05, 3.63) is 46.3 Å². The molecule has 2 aliphatic rings. The molecule has 0 radical (unpaired) electrons. The Hall–Kier alpha value is -2.16. The molecule has 0 spiro atoms. The molecule has 0 aliphatic carbocycles. The highest BCUT2D eigenvalue weighted by molar-refractivity contribution is 5.66. The van der Waals surface area contributed by atoms with Crippen molar-refractivity contribution in [1.29, 1.82) is 0 Å². The third kappa shape index (κ3) is 4.14. The number of nitrogens with zero attached hydrogens (tertiary/aromatic N) is 3. The van der Waals surface area contributed by atoms with E-state index in [1.54, 1.807) is 38.1 Å². The summed E-state index contributed by atoms with van der Waals surface area (Å²) in [6.07, 6.45) is -3.68. The average Bonchev–Trinajstić information content (AvgIpc) is 2.91. The Morgan fingerprint density at radius 1 is 1.35 bits per heavy atom. The first-order chi connectivity index (χ1) is 12.4. The van der Waals surface area contributed by atoms with Crippen molar-refractivity contribution in [1.82, 2.24) is 0 Å². The molecule has 3 rings (SSSR count). The van der Waals surface area contributed by atoms with E-state index in [-0.39, 0.29) is 12.7 Å². The summed E-state index contributed by atoms with van der Waals surface area (Å²) in [7, 11) is 0. The molecule has 2 fully saturated rings. The summed E-state index contributed by atoms with van der Waals surface area (Å²) in [5.74, 6) is -1.32. The van der Waals surface area contributed by atoms with E-state index < -0.39 is 36.5 Å². The summed E-state index contributed by atoms with van der Waals surface area (Å²) in [5.41, 5.74) is 9.52. The minimum atomic E-state index is -0.964. The first-order valence-electron chi connectivity index (χ1n) is 8.29. The molecule has 0 amide bonds. The van der Waals surface area contributed by atoms with Crippen LogP contribution in [0.2, 0.25) is 0 Å². The van der Waals surface area contributed by atoms with E-state index in [2.05, 4.69) is 10.0 Å². The van der Waals surface area contributed by atoms with Crippen LogP contribution in [0.5, 0.6) is 0 Å². The number of carbonyl (C=O) groups is 1. The number of benzene rings is 1. The molecule has 0 aromatic heterocycles. The molecule has 140 valence electrons. The van der Waals surface area contributed by atoms with E-state index in [1.165, 1.54) is 6.92 Å². The molecule has 26 heavy (non-hydrogen) atoms. The fourth-order valence-electron chi connectivity index (χ4n) is 3.10. The van der Waals surface area contributed by atoms with Gasteiger partial charge in [0.05, 0.1) is 6.61 Å². The van der Waals surface area contributed by atoms with E-state index >= 15 is 0 Å². The van der Waals surface area contributed by atoms with Gasteiger partial charge in [0.15, 0.2) is 24.4 Å². The molecule has 0 saturated carbocycles. The molecule has 9 heteroatoms. The van der Waals surface area contributed by atoms with Gasteiger partial charge in [-0.25, -0.2) is 0 Å². The van der Waals surface area contributed by atoms with Crippen molar-refractivity contribution in [3.63, 3.8) is 0 Å². The van der Waals surface area contributed by atoms with Gasteiger partial charge in [-0.05, 0) is 24.9 Å². The van der Waals surface area contributed by atoms with E-state index in [9.17, 15) is 4.79 Å². The van der Waals surface area contributed by atoms with Gasteiger partial charge in [-0.15, -0.1) is 0 Å². The molecule has 2 heterocycles. The third-order valence-electron chi connectivity index (χ3n) is 4.04. The lowest BCUT2D eigenvalue weighted by atomic mass is 10.1. The Balaban J connectivity index is 1.82. The van der Waals surface area contributed by atoms with Crippen LogP contribution in [0.25, 0.3) is 10.4 Å². The number of esters is 1. The number of fused-ring (bicyclic) bond motifs is 1. The summed E-state index contributed by atoms with van der Waals surface area (Å²) in [5, 5.41) is 3.68. The number of ether oxygens (including phenoxy) is 5. The maximum atomic E-state index is 11.6. The van der Waals surface area contributed by atoms with Crippen LogP contribution in [-0.4, -0.2) is 43.0 Å². The van der Waals surface area contributed by atoms with Gasteiger partial charge in [-0.2, -0.15) is 0 Å². The van der Waals surface area contributed by atoms with Crippen LogP contribution < -0.4 is 0 Å². The van der Waals surface area contributed by atoms with E-state index in [1.807, 2.05) is 6.07 Å². The molecule has 9 nitrogen and oxygen atoms in total. The van der Waals surface area contributed by atoms with Crippen molar-refractivity contribution in [2.45, 2.75) is 57.4 Å². The number of carbonyl (C=O) groups excluding carboxylic acids is 1. The standard InChI is InChI=1S/C17H21N3O6/c1-10(21)23-14-13-12(25-17(2,3)26-13)9-22-16(14)24-15(19-20-18)11-7-5-4-6-8-11/h4-8,12-16H,9H2,1-3H3/t12-,13-,14+,15?,16+/m1/s1. The van der Waals surface area contributed by atoms with Crippen molar-refractivity contribution in [2.75, 3.05) is 6.61 Å². The largest absolute Gasteiger partial charge is 0.454 e. The summed E-state index contributed by atoms with van der Waals surface area (Å²) < 4.78 is 28.6. The average molecular weight is 363 g/mol. The van der Waals surface area contributed by atoms with Crippen LogP contribution in [0.3, 0.4) is 0 Å². The number of hydrogen-bond donors (Lipinski definition) is 0. The second kappa shape index (κ2) is 7.61. The first kappa shape index (κ1) is 18.6. The van der Waals surface area contributed by atoms with Gasteiger partial charge in [-0.3, -0.25) is 4.79 Å². The Kier molecular flexibility index (Phi) is 5.45. The number of azide groups is 1. The zero-order valence-corrected chi connectivity index (χ0v) is 14.8. The maximum Gasteiger partial charge on any atom is 0.303 e. The molecular weight excluding hydrogens is 342 g/mol. The minimum absolute atomic E-state index is 0.203.